The van der Waals surface area contributed by atoms with E-state index in [0.717, 1.165) is 12.5 Å². The van der Waals surface area contributed by atoms with E-state index in [0.29, 0.717) is 0 Å². The molecule has 0 atom stereocenters. The summed E-state index contributed by atoms with van der Waals surface area (Å²) in [6, 6.07) is 0. The molecule has 54 valence electrons. The van der Waals surface area contributed by atoms with Crippen LogP contribution in [0.25, 0.3) is 0 Å². The van der Waals surface area contributed by atoms with Crippen LogP contribution in [0.2, 0.25) is 0 Å². The molecule has 0 saturated heterocycles. The molecule has 0 unspecified atom stereocenters. The summed E-state index contributed by atoms with van der Waals surface area (Å²) >= 11 is 2.27. The summed E-state index contributed by atoms with van der Waals surface area (Å²) in [5, 5.41) is 8.52. The van der Waals surface area contributed by atoms with E-state index in [2.05, 4.69) is 26.0 Å². The first-order chi connectivity index (χ1) is 4.33. The van der Waals surface area contributed by atoms with Crippen LogP contribution in [0.15, 0.2) is 0 Å². The Morgan fingerprint density at radius 2 is 2.22 bits per heavy atom. The van der Waals surface area contributed by atoms with Gasteiger partial charge in [-0.25, -0.2) is 3.11 Å². The van der Waals surface area contributed by atoms with Crippen molar-refractivity contribution in [2.24, 2.45) is 5.92 Å². The number of nitrogens with zero attached hydrogens (tertiary/aromatic N) is 1. The lowest BCUT2D eigenvalue weighted by molar-refractivity contribution is 0.267. The molecule has 1 N–H and O–H groups in total. The van der Waals surface area contributed by atoms with E-state index < -0.39 is 0 Å². The molecule has 0 spiro atoms. The number of hydrogen-bond acceptors (Lipinski definition) is 2. The highest BCUT2D eigenvalue weighted by molar-refractivity contribution is 14.1. The van der Waals surface area contributed by atoms with Crippen LogP contribution in [0.1, 0.15) is 12.8 Å². The highest BCUT2D eigenvalue weighted by Crippen LogP contribution is 2.30. The van der Waals surface area contributed by atoms with Crippen molar-refractivity contribution in [3.8, 4) is 0 Å². The van der Waals surface area contributed by atoms with Crippen molar-refractivity contribution in [2.75, 3.05) is 19.7 Å². The fraction of sp³-hybridized carbons (Fsp3) is 1.00. The Hall–Kier alpha value is 0.650. The predicted octanol–water partition coefficient (Wildman–Crippen LogP) is 1.04. The predicted molar refractivity (Wildman–Crippen MR) is 45.4 cm³/mol. The SMILES string of the molecule is OCCN(I)CC1CC1. The number of hydrogen-bond donors (Lipinski definition) is 1. The first kappa shape index (κ1) is 7.75. The van der Waals surface area contributed by atoms with Crippen molar-refractivity contribution >= 4 is 22.9 Å². The third-order valence-electron chi connectivity index (χ3n) is 1.50. The molecule has 0 heterocycles. The Kier molecular flexibility index (Phi) is 3.21. The average molecular weight is 241 g/mol. The minimum absolute atomic E-state index is 0.287. The molecule has 0 aliphatic heterocycles. The Morgan fingerprint density at radius 3 is 2.67 bits per heavy atom. The maximum absolute atomic E-state index is 8.52. The minimum Gasteiger partial charge on any atom is -0.395 e. The van der Waals surface area contributed by atoms with Gasteiger partial charge in [-0.05, 0) is 18.8 Å². The van der Waals surface area contributed by atoms with Crippen molar-refractivity contribution in [1.29, 1.82) is 0 Å². The molecule has 9 heavy (non-hydrogen) atoms. The van der Waals surface area contributed by atoms with Crippen LogP contribution >= 0.6 is 22.9 Å². The van der Waals surface area contributed by atoms with Crippen molar-refractivity contribution in [3.63, 3.8) is 0 Å². The van der Waals surface area contributed by atoms with Gasteiger partial charge in [0, 0.05) is 36.0 Å². The number of aliphatic hydroxyl groups excluding tert-OH is 1. The Labute approximate surface area is 69.7 Å². The molecule has 2 nitrogen and oxygen atoms in total. The van der Waals surface area contributed by atoms with E-state index in [4.69, 9.17) is 5.11 Å². The van der Waals surface area contributed by atoms with E-state index in [9.17, 15) is 0 Å². The molecule has 0 radical (unpaired) electrons. The van der Waals surface area contributed by atoms with Gasteiger partial charge in [0.15, 0.2) is 0 Å². The molecule has 0 aromatic heterocycles. The smallest absolute Gasteiger partial charge is 0.0566 e. The summed E-state index contributed by atoms with van der Waals surface area (Å²) in [6.45, 7) is 2.27. The van der Waals surface area contributed by atoms with Gasteiger partial charge in [-0.1, -0.05) is 0 Å². The fourth-order valence-electron chi connectivity index (χ4n) is 0.780. The van der Waals surface area contributed by atoms with Gasteiger partial charge in [-0.3, -0.25) is 0 Å². The first-order valence-corrected chi connectivity index (χ1v) is 4.31. The topological polar surface area (TPSA) is 23.5 Å². The van der Waals surface area contributed by atoms with Gasteiger partial charge < -0.3 is 5.11 Å². The van der Waals surface area contributed by atoms with Crippen LogP contribution in [-0.4, -0.2) is 27.9 Å². The van der Waals surface area contributed by atoms with Crippen LogP contribution in [0.5, 0.6) is 0 Å². The van der Waals surface area contributed by atoms with Crippen LogP contribution < -0.4 is 0 Å². The molecular weight excluding hydrogens is 229 g/mol. The lowest BCUT2D eigenvalue weighted by Gasteiger charge is -2.10. The van der Waals surface area contributed by atoms with Gasteiger partial charge in [-0.15, -0.1) is 0 Å². The van der Waals surface area contributed by atoms with Crippen molar-refractivity contribution in [1.82, 2.24) is 3.11 Å². The summed E-state index contributed by atoms with van der Waals surface area (Å²) in [5.74, 6) is 0.938. The normalized spacial score (nSPS) is 19.0. The molecule has 1 rings (SSSR count). The first-order valence-electron chi connectivity index (χ1n) is 3.34. The lowest BCUT2D eigenvalue weighted by atomic mass is 10.4. The third kappa shape index (κ3) is 3.37. The second-order valence-corrected chi connectivity index (χ2v) is 3.90. The van der Waals surface area contributed by atoms with Crippen molar-refractivity contribution in [3.05, 3.63) is 0 Å². The molecule has 0 bridgehead atoms. The van der Waals surface area contributed by atoms with Gasteiger partial charge in [0.05, 0.1) is 6.61 Å². The van der Waals surface area contributed by atoms with Gasteiger partial charge in [0.1, 0.15) is 0 Å². The van der Waals surface area contributed by atoms with E-state index in [-0.39, 0.29) is 6.61 Å². The zero-order chi connectivity index (χ0) is 6.69. The number of rotatable bonds is 4. The molecule has 0 aromatic rings. The molecule has 0 amide bonds. The fourth-order valence-corrected chi connectivity index (χ4v) is 1.55. The zero-order valence-corrected chi connectivity index (χ0v) is 7.54. The van der Waals surface area contributed by atoms with Gasteiger partial charge in [0.25, 0.3) is 0 Å². The number of aliphatic hydroxyl groups is 1. The van der Waals surface area contributed by atoms with E-state index in [1.165, 1.54) is 19.4 Å². The Morgan fingerprint density at radius 1 is 1.56 bits per heavy atom. The highest BCUT2D eigenvalue weighted by Gasteiger charge is 2.22. The van der Waals surface area contributed by atoms with E-state index >= 15 is 0 Å². The molecule has 1 aliphatic rings. The Bertz CT molecular complexity index is 85.1. The molecule has 1 saturated carbocycles. The maximum Gasteiger partial charge on any atom is 0.0566 e. The van der Waals surface area contributed by atoms with Gasteiger partial charge >= 0.3 is 0 Å². The highest BCUT2D eigenvalue weighted by atomic mass is 127. The third-order valence-corrected chi connectivity index (χ3v) is 2.37. The summed E-state index contributed by atoms with van der Waals surface area (Å²) in [7, 11) is 0. The quantitative estimate of drug-likeness (QED) is 0.587. The summed E-state index contributed by atoms with van der Waals surface area (Å²) in [5.41, 5.74) is 0. The molecule has 3 heteroatoms. The second kappa shape index (κ2) is 3.73. The Balaban J connectivity index is 1.95. The molecular formula is C6H12INO. The second-order valence-electron chi connectivity index (χ2n) is 2.54. The summed E-state index contributed by atoms with van der Waals surface area (Å²) in [6.07, 6.45) is 2.79. The van der Waals surface area contributed by atoms with Crippen molar-refractivity contribution in [2.45, 2.75) is 12.8 Å². The molecule has 0 aromatic carbocycles. The van der Waals surface area contributed by atoms with E-state index in [1.54, 1.807) is 0 Å². The monoisotopic (exact) mass is 241 g/mol. The van der Waals surface area contributed by atoms with Gasteiger partial charge in [-0.2, -0.15) is 0 Å². The summed E-state index contributed by atoms with van der Waals surface area (Å²) in [4.78, 5) is 0. The van der Waals surface area contributed by atoms with E-state index in [1.807, 2.05) is 0 Å². The van der Waals surface area contributed by atoms with Crippen molar-refractivity contribution < 1.29 is 5.11 Å². The average Bonchev–Trinajstić information content (AvgIpc) is 2.50. The van der Waals surface area contributed by atoms with Crippen LogP contribution in [-0.2, 0) is 0 Å². The lowest BCUT2D eigenvalue weighted by Crippen LogP contribution is -2.17. The van der Waals surface area contributed by atoms with Gasteiger partial charge in [0.2, 0.25) is 0 Å². The maximum atomic E-state index is 8.52. The van der Waals surface area contributed by atoms with Crippen LogP contribution in [0.3, 0.4) is 0 Å². The summed E-state index contributed by atoms with van der Waals surface area (Å²) < 4.78 is 2.16. The largest absolute Gasteiger partial charge is 0.395 e. The zero-order valence-electron chi connectivity index (χ0n) is 5.39. The van der Waals surface area contributed by atoms with Crippen LogP contribution in [0.4, 0.5) is 0 Å². The van der Waals surface area contributed by atoms with Crippen LogP contribution in [0, 0.1) is 5.92 Å². The molecule has 1 aliphatic carbocycles. The standard InChI is InChI=1S/C6H12INO/c7-8(3-4-9)5-6-1-2-6/h6,9H,1-5H2. The number of halogens is 1. The molecule has 1 fully saturated rings. The minimum atomic E-state index is 0.287.